The van der Waals surface area contributed by atoms with E-state index in [2.05, 4.69) is 35.5 Å². The van der Waals surface area contributed by atoms with E-state index < -0.39 is 0 Å². The number of aromatic nitrogens is 5. The molecule has 1 aliphatic rings. The van der Waals surface area contributed by atoms with Crippen LogP contribution in [-0.4, -0.2) is 42.1 Å². The van der Waals surface area contributed by atoms with E-state index in [4.69, 9.17) is 4.74 Å². The largest absolute Gasteiger partial charge is 0.475 e. The van der Waals surface area contributed by atoms with E-state index in [0.717, 1.165) is 36.6 Å². The zero-order valence-electron chi connectivity index (χ0n) is 15.0. The summed E-state index contributed by atoms with van der Waals surface area (Å²) < 4.78 is 8.06. The van der Waals surface area contributed by atoms with Crippen molar-refractivity contribution in [1.82, 2.24) is 29.4 Å². The van der Waals surface area contributed by atoms with E-state index in [0.29, 0.717) is 12.5 Å². The smallest absolute Gasteiger partial charge is 0.232 e. The van der Waals surface area contributed by atoms with Gasteiger partial charge in [0.2, 0.25) is 5.88 Å². The second-order valence-electron chi connectivity index (χ2n) is 6.64. The minimum absolute atomic E-state index is 0.224. The molecule has 134 valence electrons. The third kappa shape index (κ3) is 3.57. The first-order valence-electron chi connectivity index (χ1n) is 8.73. The highest BCUT2D eigenvalue weighted by Crippen LogP contribution is 2.24. The molecule has 0 spiro atoms. The van der Waals surface area contributed by atoms with Gasteiger partial charge in [-0.15, -0.1) is 0 Å². The molecule has 0 bridgehead atoms. The summed E-state index contributed by atoms with van der Waals surface area (Å²) in [6.45, 7) is 4.02. The third-order valence-electron chi connectivity index (χ3n) is 4.69. The average Bonchev–Trinajstić information content (AvgIpc) is 3.01. The lowest BCUT2D eigenvalue weighted by atomic mass is 10.0. The van der Waals surface area contributed by atoms with Crippen LogP contribution in [0.2, 0.25) is 0 Å². The molecule has 4 heterocycles. The van der Waals surface area contributed by atoms with Crippen LogP contribution >= 0.6 is 0 Å². The second kappa shape index (κ2) is 7.21. The Labute approximate surface area is 152 Å². The Morgan fingerprint density at radius 2 is 2.15 bits per heavy atom. The molecule has 0 unspecified atom stereocenters. The first kappa shape index (κ1) is 16.7. The number of hydrogen-bond donors (Lipinski definition) is 0. The predicted molar refractivity (Wildman–Crippen MR) is 96.4 cm³/mol. The van der Waals surface area contributed by atoms with Gasteiger partial charge in [-0.1, -0.05) is 6.07 Å². The van der Waals surface area contributed by atoms with Crippen LogP contribution in [0.4, 0.5) is 0 Å². The molecule has 0 saturated heterocycles. The lowest BCUT2D eigenvalue weighted by Gasteiger charge is -2.34. The van der Waals surface area contributed by atoms with Crippen molar-refractivity contribution < 1.29 is 4.74 Å². The summed E-state index contributed by atoms with van der Waals surface area (Å²) >= 11 is 0. The minimum atomic E-state index is 0.224. The van der Waals surface area contributed by atoms with Gasteiger partial charge in [-0.2, -0.15) is 0 Å². The lowest BCUT2D eigenvalue weighted by molar-refractivity contribution is 0.103. The Balaban J connectivity index is 1.53. The fourth-order valence-corrected chi connectivity index (χ4v) is 3.31. The summed E-state index contributed by atoms with van der Waals surface area (Å²) in [5, 5.41) is 0. The highest BCUT2D eigenvalue weighted by molar-refractivity contribution is 5.19. The fraction of sp³-hybridized carbons (Fsp3) is 0.368. The topological polar surface area (TPSA) is 69.0 Å². The van der Waals surface area contributed by atoms with Crippen molar-refractivity contribution in [2.24, 2.45) is 7.05 Å². The molecule has 0 saturated carbocycles. The molecule has 26 heavy (non-hydrogen) atoms. The maximum atomic E-state index is 5.96. The van der Waals surface area contributed by atoms with Crippen molar-refractivity contribution in [3.05, 3.63) is 65.9 Å². The van der Waals surface area contributed by atoms with Crippen LogP contribution in [0.15, 0.2) is 43.1 Å². The number of hydrogen-bond acceptors (Lipinski definition) is 6. The highest BCUT2D eigenvalue weighted by atomic mass is 16.5. The van der Waals surface area contributed by atoms with Crippen LogP contribution in [0.1, 0.15) is 22.8 Å². The highest BCUT2D eigenvalue weighted by Gasteiger charge is 2.29. The molecule has 1 aliphatic heterocycles. The molecule has 4 rings (SSSR count). The molecule has 1 atom stereocenters. The monoisotopic (exact) mass is 350 g/mol. The fourth-order valence-electron chi connectivity index (χ4n) is 3.31. The van der Waals surface area contributed by atoms with Gasteiger partial charge in [0.05, 0.1) is 35.6 Å². The number of aryl methyl sites for hydroxylation is 2. The quantitative estimate of drug-likeness (QED) is 0.700. The molecule has 0 amide bonds. The number of imidazole rings is 1. The molecular weight excluding hydrogens is 328 g/mol. The van der Waals surface area contributed by atoms with Crippen molar-refractivity contribution in [3.63, 3.8) is 0 Å². The molecule has 0 aliphatic carbocycles. The van der Waals surface area contributed by atoms with E-state index in [1.54, 1.807) is 12.4 Å². The Morgan fingerprint density at radius 3 is 2.96 bits per heavy atom. The van der Waals surface area contributed by atoms with Gasteiger partial charge < -0.3 is 9.30 Å². The van der Waals surface area contributed by atoms with Gasteiger partial charge in [0.25, 0.3) is 0 Å². The molecule has 0 radical (unpaired) electrons. The number of nitrogens with zero attached hydrogens (tertiary/aromatic N) is 6. The first-order valence-corrected chi connectivity index (χ1v) is 8.73. The van der Waals surface area contributed by atoms with Gasteiger partial charge in [-0.25, -0.2) is 9.97 Å². The van der Waals surface area contributed by atoms with E-state index >= 15 is 0 Å². The normalized spacial score (nSPS) is 17.1. The Morgan fingerprint density at radius 1 is 1.23 bits per heavy atom. The van der Waals surface area contributed by atoms with Gasteiger partial charge in [-0.05, 0) is 19.1 Å². The summed E-state index contributed by atoms with van der Waals surface area (Å²) in [5.74, 6) is 0.568. The van der Waals surface area contributed by atoms with Gasteiger partial charge in [0.15, 0.2) is 0 Å². The summed E-state index contributed by atoms with van der Waals surface area (Å²) in [6, 6.07) is 6.24. The molecule has 7 heteroatoms. The minimum Gasteiger partial charge on any atom is -0.475 e. The molecule has 7 nitrogen and oxygen atoms in total. The molecule has 3 aromatic heterocycles. The predicted octanol–water partition coefficient (Wildman–Crippen LogP) is 1.92. The first-order chi connectivity index (χ1) is 12.7. The van der Waals surface area contributed by atoms with Crippen LogP contribution in [0.3, 0.4) is 0 Å². The Hall–Kier alpha value is -2.80. The lowest BCUT2D eigenvalue weighted by Crippen LogP contribution is -2.44. The average molecular weight is 350 g/mol. The number of pyridine rings is 1. The van der Waals surface area contributed by atoms with Crippen LogP contribution < -0.4 is 4.74 Å². The van der Waals surface area contributed by atoms with Gasteiger partial charge >= 0.3 is 0 Å². The Bertz CT molecular complexity index is 879. The molecule has 3 aromatic rings. The van der Waals surface area contributed by atoms with Crippen LogP contribution in [0.5, 0.6) is 5.88 Å². The molecule has 0 aromatic carbocycles. The van der Waals surface area contributed by atoms with Crippen molar-refractivity contribution in [3.8, 4) is 5.88 Å². The summed E-state index contributed by atoms with van der Waals surface area (Å²) in [6.07, 6.45) is 7.99. The van der Waals surface area contributed by atoms with Crippen molar-refractivity contribution in [2.45, 2.75) is 32.5 Å². The van der Waals surface area contributed by atoms with Crippen LogP contribution in [-0.2, 0) is 26.6 Å². The van der Waals surface area contributed by atoms with E-state index in [1.165, 1.54) is 5.69 Å². The van der Waals surface area contributed by atoms with E-state index in [-0.39, 0.29) is 6.04 Å². The van der Waals surface area contributed by atoms with Crippen LogP contribution in [0, 0.1) is 6.92 Å². The van der Waals surface area contributed by atoms with Crippen LogP contribution in [0.25, 0.3) is 0 Å². The SMILES string of the molecule is Cc1cncc(OC[C@@H]2Cc3c(ncn3C)CN2Cc2ccccn2)n1. The molecule has 0 fully saturated rings. The zero-order chi connectivity index (χ0) is 17.9. The number of fused-ring (bicyclic) bond motifs is 1. The standard InChI is InChI=1S/C19H22N6O/c1-14-8-20-9-19(23-14)26-12-16-7-18-17(22-13-24(18)2)11-25(16)10-15-5-3-4-6-21-15/h3-6,8-9,13,16H,7,10-12H2,1-2H3/t16-/m0/s1. The van der Waals surface area contributed by atoms with E-state index in [1.807, 2.05) is 38.6 Å². The maximum Gasteiger partial charge on any atom is 0.232 e. The van der Waals surface area contributed by atoms with Crippen molar-refractivity contribution in [1.29, 1.82) is 0 Å². The summed E-state index contributed by atoms with van der Waals surface area (Å²) in [5.41, 5.74) is 4.30. The zero-order valence-corrected chi connectivity index (χ0v) is 15.0. The van der Waals surface area contributed by atoms with Gasteiger partial charge in [0.1, 0.15) is 6.61 Å². The van der Waals surface area contributed by atoms with Crippen molar-refractivity contribution >= 4 is 0 Å². The number of ether oxygens (including phenoxy) is 1. The summed E-state index contributed by atoms with van der Waals surface area (Å²) in [4.78, 5) is 19.9. The number of rotatable bonds is 5. The molecular formula is C19H22N6O. The second-order valence-corrected chi connectivity index (χ2v) is 6.64. The van der Waals surface area contributed by atoms with Gasteiger partial charge in [-0.3, -0.25) is 14.9 Å². The maximum absolute atomic E-state index is 5.96. The van der Waals surface area contributed by atoms with Gasteiger partial charge in [0, 0.05) is 44.6 Å². The Kier molecular flexibility index (Phi) is 4.62. The van der Waals surface area contributed by atoms with Crippen molar-refractivity contribution in [2.75, 3.05) is 6.61 Å². The van der Waals surface area contributed by atoms with E-state index in [9.17, 15) is 0 Å². The molecule has 0 N–H and O–H groups in total. The third-order valence-corrected chi connectivity index (χ3v) is 4.69. The summed E-state index contributed by atoms with van der Waals surface area (Å²) in [7, 11) is 2.05.